The van der Waals surface area contributed by atoms with Gasteiger partial charge in [0.25, 0.3) is 0 Å². The van der Waals surface area contributed by atoms with E-state index in [2.05, 4.69) is 61.6 Å². The summed E-state index contributed by atoms with van der Waals surface area (Å²) in [7, 11) is -0.399. The van der Waals surface area contributed by atoms with Crippen molar-refractivity contribution in [2.45, 2.75) is 112 Å². The van der Waals surface area contributed by atoms with Gasteiger partial charge in [0, 0.05) is 17.8 Å². The second kappa shape index (κ2) is 13.5. The van der Waals surface area contributed by atoms with E-state index >= 15 is 0 Å². The molecular weight excluding hydrogens is 468 g/mol. The molecule has 0 unspecified atom stereocenters. The molecule has 1 N–H and O–H groups in total. The molecule has 1 rings (SSSR count). The Labute approximate surface area is 222 Å². The second-order valence-electron chi connectivity index (χ2n) is 12.8. The third-order valence-corrected chi connectivity index (χ3v) is 12.6. The highest BCUT2D eigenvalue weighted by Gasteiger charge is 2.43. The molecule has 36 heavy (non-hydrogen) atoms. The highest BCUT2D eigenvalue weighted by molar-refractivity contribution is 6.74. The molecule has 0 heterocycles. The predicted octanol–water partition coefficient (Wildman–Crippen LogP) is 7.12. The van der Waals surface area contributed by atoms with Gasteiger partial charge >= 0.3 is 0 Å². The Kier molecular flexibility index (Phi) is 12.3. The summed E-state index contributed by atoms with van der Waals surface area (Å²) in [6.45, 7) is 25.8. The smallest absolute Gasteiger partial charge is 0.192 e. The maximum atomic E-state index is 13.6. The van der Waals surface area contributed by atoms with Crippen molar-refractivity contribution in [1.29, 1.82) is 0 Å². The Morgan fingerprint density at radius 1 is 0.889 bits per heavy atom. The fourth-order valence-electron chi connectivity index (χ4n) is 4.59. The van der Waals surface area contributed by atoms with Crippen LogP contribution in [-0.4, -0.2) is 44.6 Å². The van der Waals surface area contributed by atoms with E-state index in [-0.39, 0.29) is 46.7 Å². The van der Waals surface area contributed by atoms with Crippen LogP contribution in [0.1, 0.15) is 74.8 Å². The first-order valence-electron chi connectivity index (χ1n) is 13.6. The van der Waals surface area contributed by atoms with Crippen LogP contribution in [0.15, 0.2) is 24.3 Å². The molecule has 0 aliphatic carbocycles. The number of aliphatic hydroxyl groups is 1. The first-order valence-corrected chi connectivity index (χ1v) is 16.5. The van der Waals surface area contributed by atoms with Gasteiger partial charge in [0.05, 0.1) is 32.0 Å². The number of carbonyl (C=O) groups excluding carboxylic acids is 1. The van der Waals surface area contributed by atoms with E-state index in [0.717, 1.165) is 11.3 Å². The number of ketones is 1. The summed E-state index contributed by atoms with van der Waals surface area (Å²) >= 11 is 0. The third kappa shape index (κ3) is 8.68. The number of rotatable bonds is 14. The average Bonchev–Trinajstić information content (AvgIpc) is 2.79. The SMILES string of the molecule is COc1ccc(CO[C@H](C(C)C)[C@@H](C)[C@H](O)[C@H](C)C(=O)[C@@H](C)[C@H](O[Si](C)(C)C(C)(C)C)C(C)C)cc1. The highest BCUT2D eigenvalue weighted by atomic mass is 28.4. The number of benzene rings is 1. The zero-order chi connectivity index (χ0) is 28.0. The van der Waals surface area contributed by atoms with Crippen molar-refractivity contribution in [3.63, 3.8) is 0 Å². The van der Waals surface area contributed by atoms with Gasteiger partial charge in [0.15, 0.2) is 8.32 Å². The minimum absolute atomic E-state index is 0.0596. The van der Waals surface area contributed by atoms with E-state index < -0.39 is 20.3 Å². The molecule has 0 amide bonds. The average molecular weight is 523 g/mol. The van der Waals surface area contributed by atoms with Crippen LogP contribution in [0.5, 0.6) is 5.75 Å². The van der Waals surface area contributed by atoms with Crippen molar-refractivity contribution in [3.8, 4) is 5.75 Å². The van der Waals surface area contributed by atoms with Gasteiger partial charge in [-0.15, -0.1) is 0 Å². The van der Waals surface area contributed by atoms with Crippen molar-refractivity contribution in [3.05, 3.63) is 29.8 Å². The number of Topliss-reactive ketones (excluding diaryl/α,β-unsaturated/α-hetero) is 1. The standard InChI is InChI=1S/C30H54O5Si/c1-19(2)28(34-18-24-14-16-25(33-11)17-15-24)22(6)26(31)21(5)27(32)23(7)29(20(3)4)35-36(12,13)30(8,9)10/h14-17,19-23,26,28-29,31H,18H2,1-13H3/t21-,22-,23+,26+,28+,29+/m0/s1. The van der Waals surface area contributed by atoms with E-state index in [1.54, 1.807) is 7.11 Å². The molecule has 0 saturated heterocycles. The third-order valence-electron chi connectivity index (χ3n) is 8.11. The Hall–Kier alpha value is -1.21. The number of hydrogen-bond donors (Lipinski definition) is 1. The van der Waals surface area contributed by atoms with Crippen molar-refractivity contribution < 1.29 is 23.8 Å². The molecular formula is C30H54O5Si. The molecule has 0 saturated carbocycles. The Morgan fingerprint density at radius 3 is 1.81 bits per heavy atom. The van der Waals surface area contributed by atoms with E-state index in [9.17, 15) is 9.90 Å². The maximum Gasteiger partial charge on any atom is 0.192 e. The number of hydrogen-bond acceptors (Lipinski definition) is 5. The Balaban J connectivity index is 2.96. The number of ether oxygens (including phenoxy) is 2. The van der Waals surface area contributed by atoms with Crippen molar-refractivity contribution in [2.75, 3.05) is 7.11 Å². The van der Waals surface area contributed by atoms with Crippen LogP contribution >= 0.6 is 0 Å². The first kappa shape index (κ1) is 32.8. The lowest BCUT2D eigenvalue weighted by molar-refractivity contribution is -0.137. The molecule has 0 radical (unpaired) electrons. The van der Waals surface area contributed by atoms with E-state index in [4.69, 9.17) is 13.9 Å². The molecule has 0 aliphatic heterocycles. The molecule has 0 bridgehead atoms. The van der Waals surface area contributed by atoms with Crippen LogP contribution < -0.4 is 4.74 Å². The molecule has 208 valence electrons. The lowest BCUT2D eigenvalue weighted by Crippen LogP contribution is -2.50. The fraction of sp³-hybridized carbons (Fsp3) is 0.767. The first-order chi connectivity index (χ1) is 16.4. The fourth-order valence-corrected chi connectivity index (χ4v) is 6.10. The van der Waals surface area contributed by atoms with E-state index in [1.807, 2.05) is 45.0 Å². The topological polar surface area (TPSA) is 65.0 Å². The van der Waals surface area contributed by atoms with E-state index in [1.165, 1.54) is 0 Å². The molecule has 0 aromatic heterocycles. The van der Waals surface area contributed by atoms with Crippen LogP contribution in [0.4, 0.5) is 0 Å². The van der Waals surface area contributed by atoms with Gasteiger partial charge in [-0.25, -0.2) is 0 Å². The molecule has 0 aliphatic rings. The molecule has 0 fully saturated rings. The monoisotopic (exact) mass is 522 g/mol. The molecule has 0 spiro atoms. The van der Waals surface area contributed by atoms with E-state index in [0.29, 0.717) is 6.61 Å². The summed E-state index contributed by atoms with van der Waals surface area (Å²) in [4.78, 5) is 13.6. The Morgan fingerprint density at radius 2 is 1.39 bits per heavy atom. The van der Waals surface area contributed by atoms with Crippen molar-refractivity contribution in [1.82, 2.24) is 0 Å². The molecule has 1 aromatic rings. The highest BCUT2D eigenvalue weighted by Crippen LogP contribution is 2.39. The predicted molar refractivity (Wildman–Crippen MR) is 152 cm³/mol. The normalized spacial score (nSPS) is 18.0. The van der Waals surface area contributed by atoms with Gasteiger partial charge in [-0.1, -0.05) is 81.4 Å². The van der Waals surface area contributed by atoms with Gasteiger partial charge in [0.1, 0.15) is 11.5 Å². The summed E-state index contributed by atoms with van der Waals surface area (Å²) in [5.41, 5.74) is 1.04. The quantitative estimate of drug-likeness (QED) is 0.264. The van der Waals surface area contributed by atoms with Crippen LogP contribution in [0, 0.1) is 29.6 Å². The van der Waals surface area contributed by atoms with Crippen LogP contribution in [0.2, 0.25) is 18.1 Å². The molecule has 1 aromatic carbocycles. The van der Waals surface area contributed by atoms with Crippen molar-refractivity contribution >= 4 is 14.1 Å². The second-order valence-corrected chi connectivity index (χ2v) is 17.5. The number of aliphatic hydroxyl groups excluding tert-OH is 1. The summed E-state index contributed by atoms with van der Waals surface area (Å²) in [5, 5.41) is 11.4. The summed E-state index contributed by atoms with van der Waals surface area (Å²) < 4.78 is 18.3. The zero-order valence-corrected chi connectivity index (χ0v) is 26.2. The minimum Gasteiger partial charge on any atom is -0.497 e. The largest absolute Gasteiger partial charge is 0.497 e. The maximum absolute atomic E-state index is 13.6. The van der Waals surface area contributed by atoms with Gasteiger partial charge in [-0.2, -0.15) is 0 Å². The molecule has 5 nitrogen and oxygen atoms in total. The summed E-state index contributed by atoms with van der Waals surface area (Å²) in [6.07, 6.45) is -1.16. The van der Waals surface area contributed by atoms with Crippen LogP contribution in [-0.2, 0) is 20.6 Å². The molecule has 6 heteroatoms. The summed E-state index contributed by atoms with van der Waals surface area (Å²) in [6, 6.07) is 7.81. The Bertz CT molecular complexity index is 797. The summed E-state index contributed by atoms with van der Waals surface area (Å²) in [5.74, 6) is 0.257. The van der Waals surface area contributed by atoms with Gasteiger partial charge < -0.3 is 19.0 Å². The van der Waals surface area contributed by atoms with Crippen molar-refractivity contribution in [2.24, 2.45) is 29.6 Å². The van der Waals surface area contributed by atoms with Gasteiger partial charge in [-0.05, 0) is 47.7 Å². The van der Waals surface area contributed by atoms with Crippen LogP contribution in [0.25, 0.3) is 0 Å². The lowest BCUT2D eigenvalue weighted by atomic mass is 9.78. The number of carbonyl (C=O) groups is 1. The lowest BCUT2D eigenvalue weighted by Gasteiger charge is -2.42. The van der Waals surface area contributed by atoms with Gasteiger partial charge in [-0.3, -0.25) is 4.79 Å². The van der Waals surface area contributed by atoms with Gasteiger partial charge in [0.2, 0.25) is 0 Å². The number of methoxy groups -OCH3 is 1. The molecule has 6 atom stereocenters. The zero-order valence-electron chi connectivity index (χ0n) is 25.2. The van der Waals surface area contributed by atoms with Crippen LogP contribution in [0.3, 0.4) is 0 Å². The minimum atomic E-state index is -2.05.